The quantitative estimate of drug-likeness (QED) is 0.760. The van der Waals surface area contributed by atoms with Gasteiger partial charge in [0.05, 0.1) is 12.1 Å². The number of carbonyl (C=O) groups is 2. The Kier molecular flexibility index (Phi) is 4.99. The number of nitrogens with two attached hydrogens (primary N) is 1. The van der Waals surface area contributed by atoms with E-state index in [-0.39, 0.29) is 35.3 Å². The van der Waals surface area contributed by atoms with Gasteiger partial charge in [-0.2, -0.15) is 0 Å². The molecule has 0 unspecified atom stereocenters. The minimum absolute atomic E-state index is 0.0638. The normalized spacial score (nSPS) is 16.5. The number of aromatic nitrogens is 3. The van der Waals surface area contributed by atoms with Gasteiger partial charge >= 0.3 is 6.03 Å². The Morgan fingerprint density at radius 3 is 2.86 bits per heavy atom. The van der Waals surface area contributed by atoms with Crippen molar-refractivity contribution < 1.29 is 9.59 Å². The molecule has 1 aliphatic carbocycles. The van der Waals surface area contributed by atoms with Crippen molar-refractivity contribution in [2.75, 3.05) is 30.3 Å². The summed E-state index contributed by atoms with van der Waals surface area (Å²) < 4.78 is 0. The summed E-state index contributed by atoms with van der Waals surface area (Å²) >= 11 is 6.28. The molecule has 10 heteroatoms. The van der Waals surface area contributed by atoms with E-state index in [2.05, 4.69) is 20.3 Å². The van der Waals surface area contributed by atoms with Crippen molar-refractivity contribution in [3.8, 4) is 0 Å². The van der Waals surface area contributed by atoms with Gasteiger partial charge in [0.1, 0.15) is 11.5 Å². The number of rotatable bonds is 6. The number of hydrogen-bond donors (Lipinski definition) is 2. The van der Waals surface area contributed by atoms with E-state index < -0.39 is 0 Å². The van der Waals surface area contributed by atoms with Crippen molar-refractivity contribution in [3.63, 3.8) is 0 Å². The van der Waals surface area contributed by atoms with Crippen LogP contribution < -0.4 is 16.0 Å². The van der Waals surface area contributed by atoms with Crippen LogP contribution in [0.15, 0.2) is 24.5 Å². The predicted octanol–water partition coefficient (Wildman–Crippen LogP) is 1.69. The van der Waals surface area contributed by atoms with E-state index in [0.717, 1.165) is 6.54 Å². The third kappa shape index (κ3) is 3.84. The molecule has 3 amide bonds. The Labute approximate surface area is 166 Å². The molecule has 0 radical (unpaired) electrons. The number of hydrogen-bond acceptors (Lipinski definition) is 6. The second kappa shape index (κ2) is 7.59. The van der Waals surface area contributed by atoms with Crippen LogP contribution >= 0.6 is 11.6 Å². The maximum absolute atomic E-state index is 12.6. The Bertz CT molecular complexity index is 904. The number of anilines is 2. The summed E-state index contributed by atoms with van der Waals surface area (Å²) in [4.78, 5) is 40.5. The Morgan fingerprint density at radius 2 is 2.14 bits per heavy atom. The number of pyridine rings is 1. The van der Waals surface area contributed by atoms with Gasteiger partial charge < -0.3 is 16.0 Å². The summed E-state index contributed by atoms with van der Waals surface area (Å²) in [6.45, 7) is 1.97. The van der Waals surface area contributed by atoms with Crippen LogP contribution in [0, 0.1) is 5.92 Å². The summed E-state index contributed by atoms with van der Waals surface area (Å²) in [6, 6.07) is 3.20. The number of nitrogens with zero attached hydrogens (tertiary/aromatic N) is 5. The van der Waals surface area contributed by atoms with Crippen LogP contribution in [0.3, 0.4) is 0 Å². The first-order valence-electron chi connectivity index (χ1n) is 9.09. The average molecular weight is 402 g/mol. The second-order valence-corrected chi connectivity index (χ2v) is 7.28. The molecule has 28 heavy (non-hydrogen) atoms. The predicted molar refractivity (Wildman–Crippen MR) is 104 cm³/mol. The van der Waals surface area contributed by atoms with Crippen molar-refractivity contribution in [1.82, 2.24) is 25.2 Å². The lowest BCUT2D eigenvalue weighted by Gasteiger charge is -2.19. The molecule has 146 valence electrons. The largest absolute Gasteiger partial charge is 0.382 e. The Morgan fingerprint density at radius 1 is 1.32 bits per heavy atom. The van der Waals surface area contributed by atoms with Gasteiger partial charge in [-0.3, -0.25) is 14.7 Å². The first kappa shape index (κ1) is 18.4. The third-order valence-electron chi connectivity index (χ3n) is 4.81. The first-order chi connectivity index (χ1) is 13.5. The molecule has 0 atom stereocenters. The maximum Gasteiger partial charge on any atom is 0.325 e. The van der Waals surface area contributed by atoms with Crippen molar-refractivity contribution in [2.24, 2.45) is 5.92 Å². The van der Waals surface area contributed by atoms with E-state index in [1.54, 1.807) is 18.3 Å². The van der Waals surface area contributed by atoms with Crippen molar-refractivity contribution in [2.45, 2.75) is 19.4 Å². The average Bonchev–Trinajstić information content (AvgIpc) is 3.45. The number of urea groups is 1. The van der Waals surface area contributed by atoms with Crippen molar-refractivity contribution in [1.29, 1.82) is 0 Å². The molecule has 3 N–H and O–H groups in total. The fraction of sp³-hybridized carbons (Fsp3) is 0.389. The van der Waals surface area contributed by atoms with Crippen LogP contribution in [-0.2, 0) is 6.54 Å². The highest BCUT2D eigenvalue weighted by atomic mass is 35.5. The molecule has 9 nitrogen and oxygen atoms in total. The van der Waals surface area contributed by atoms with Crippen LogP contribution in [0.25, 0.3) is 0 Å². The lowest BCUT2D eigenvalue weighted by atomic mass is 10.2. The molecule has 2 aromatic rings. The highest BCUT2D eigenvalue weighted by Gasteiger charge is 2.36. The highest BCUT2D eigenvalue weighted by molar-refractivity contribution is 6.32. The Balaban J connectivity index is 1.44. The molecule has 4 rings (SSSR count). The van der Waals surface area contributed by atoms with E-state index in [4.69, 9.17) is 17.3 Å². The molecular formula is C18H20ClN7O2. The summed E-state index contributed by atoms with van der Waals surface area (Å²) in [5.41, 5.74) is 6.77. The summed E-state index contributed by atoms with van der Waals surface area (Å²) in [5.74, 6) is 0.686. The monoisotopic (exact) mass is 401 g/mol. The SMILES string of the molecule is Nc1nc(N2CCN(CC3CC3)C2=O)c(Cl)nc1CNC(=O)c1cccnc1. The van der Waals surface area contributed by atoms with Gasteiger partial charge in [0, 0.05) is 32.0 Å². The van der Waals surface area contributed by atoms with Crippen LogP contribution in [-0.4, -0.2) is 51.4 Å². The lowest BCUT2D eigenvalue weighted by molar-refractivity contribution is 0.0950. The molecule has 0 spiro atoms. The smallest absolute Gasteiger partial charge is 0.325 e. The molecule has 2 aliphatic rings. The van der Waals surface area contributed by atoms with Gasteiger partial charge in [0.25, 0.3) is 5.91 Å². The van der Waals surface area contributed by atoms with Gasteiger partial charge in [0.15, 0.2) is 11.0 Å². The van der Waals surface area contributed by atoms with Gasteiger partial charge in [-0.1, -0.05) is 11.6 Å². The van der Waals surface area contributed by atoms with E-state index in [0.29, 0.717) is 30.3 Å². The number of nitrogens with one attached hydrogen (secondary N) is 1. The zero-order valence-corrected chi connectivity index (χ0v) is 15.9. The number of nitrogen functional groups attached to an aromatic ring is 1. The van der Waals surface area contributed by atoms with Gasteiger partial charge in [-0.15, -0.1) is 0 Å². The standard InChI is InChI=1S/C18H20ClN7O2/c19-14-16(26-7-6-25(18(26)28)10-11-3-4-11)24-15(20)13(23-14)9-22-17(27)12-2-1-5-21-8-12/h1-2,5,8,11H,3-4,6-7,9-10H2,(H2,20,24)(H,22,27). The number of halogens is 1. The van der Waals surface area contributed by atoms with Crippen LogP contribution in [0.4, 0.5) is 16.4 Å². The minimum atomic E-state index is -0.306. The zero-order chi connectivity index (χ0) is 19.7. The Hall–Kier alpha value is -2.94. The molecule has 0 bridgehead atoms. The van der Waals surface area contributed by atoms with E-state index in [1.165, 1.54) is 23.9 Å². The molecule has 2 fully saturated rings. The molecule has 1 saturated carbocycles. The van der Waals surface area contributed by atoms with E-state index in [1.807, 2.05) is 4.90 Å². The van der Waals surface area contributed by atoms with Crippen LogP contribution in [0.2, 0.25) is 5.15 Å². The van der Waals surface area contributed by atoms with Gasteiger partial charge in [0.2, 0.25) is 0 Å². The molecule has 2 aromatic heterocycles. The highest BCUT2D eigenvalue weighted by Crippen LogP contribution is 2.32. The van der Waals surface area contributed by atoms with Crippen molar-refractivity contribution >= 4 is 35.2 Å². The maximum atomic E-state index is 12.6. The first-order valence-corrected chi connectivity index (χ1v) is 9.47. The number of amides is 3. The molecule has 0 aromatic carbocycles. The summed E-state index contributed by atoms with van der Waals surface area (Å²) in [7, 11) is 0. The molecule has 1 saturated heterocycles. The lowest BCUT2D eigenvalue weighted by Crippen LogP contribution is -2.34. The van der Waals surface area contributed by atoms with E-state index >= 15 is 0 Å². The van der Waals surface area contributed by atoms with Gasteiger partial charge in [-0.25, -0.2) is 14.8 Å². The second-order valence-electron chi connectivity index (χ2n) is 6.92. The van der Waals surface area contributed by atoms with Gasteiger partial charge in [-0.05, 0) is 30.9 Å². The number of carbonyl (C=O) groups excluding carboxylic acids is 2. The van der Waals surface area contributed by atoms with Crippen molar-refractivity contribution in [3.05, 3.63) is 40.9 Å². The fourth-order valence-electron chi connectivity index (χ4n) is 3.08. The molecule has 1 aliphatic heterocycles. The van der Waals surface area contributed by atoms with Crippen LogP contribution in [0.5, 0.6) is 0 Å². The summed E-state index contributed by atoms with van der Waals surface area (Å²) in [5, 5.41) is 2.79. The van der Waals surface area contributed by atoms with Crippen LogP contribution in [0.1, 0.15) is 28.9 Å². The minimum Gasteiger partial charge on any atom is -0.382 e. The molecule has 3 heterocycles. The fourth-order valence-corrected chi connectivity index (χ4v) is 3.32. The zero-order valence-electron chi connectivity index (χ0n) is 15.1. The summed E-state index contributed by atoms with van der Waals surface area (Å²) in [6.07, 6.45) is 5.41. The molecular weight excluding hydrogens is 382 g/mol. The topological polar surface area (TPSA) is 117 Å². The van der Waals surface area contributed by atoms with E-state index in [9.17, 15) is 9.59 Å². The third-order valence-corrected chi connectivity index (χ3v) is 5.06.